The van der Waals surface area contributed by atoms with E-state index in [0.717, 1.165) is 4.90 Å². The van der Waals surface area contributed by atoms with Crippen molar-refractivity contribution in [2.45, 2.75) is 18.9 Å². The van der Waals surface area contributed by atoms with Crippen molar-refractivity contribution in [3.8, 4) is 11.8 Å². The molecule has 6 nitrogen and oxygen atoms in total. The first-order chi connectivity index (χ1) is 10.0. The van der Waals surface area contributed by atoms with E-state index in [9.17, 15) is 14.4 Å². The minimum absolute atomic E-state index is 0.00292. The van der Waals surface area contributed by atoms with Crippen LogP contribution in [-0.2, 0) is 9.59 Å². The zero-order valence-electron chi connectivity index (χ0n) is 11.4. The number of carbonyl (C=O) groups is 3. The molecule has 0 aromatic carbocycles. The van der Waals surface area contributed by atoms with Crippen LogP contribution in [0, 0.1) is 11.8 Å². The molecule has 3 amide bonds. The molecule has 7 heteroatoms. The van der Waals surface area contributed by atoms with Crippen LogP contribution in [0.3, 0.4) is 0 Å². The molecule has 2 N–H and O–H groups in total. The van der Waals surface area contributed by atoms with Gasteiger partial charge >= 0.3 is 0 Å². The molecule has 110 valence electrons. The summed E-state index contributed by atoms with van der Waals surface area (Å²) in [6.45, 7) is -0.00292. The number of nitrogens with zero attached hydrogens (tertiary/aromatic N) is 1. The molecule has 21 heavy (non-hydrogen) atoms. The molecule has 2 heterocycles. The quantitative estimate of drug-likeness (QED) is 0.606. The van der Waals surface area contributed by atoms with Gasteiger partial charge in [-0.1, -0.05) is 11.8 Å². The first kappa shape index (κ1) is 15.2. The Morgan fingerprint density at radius 2 is 2.33 bits per heavy atom. The molecule has 2 rings (SSSR count). The van der Waals surface area contributed by atoms with Crippen LogP contribution in [0.15, 0.2) is 11.4 Å². The van der Waals surface area contributed by atoms with Crippen molar-refractivity contribution in [1.29, 1.82) is 0 Å². The molecule has 1 unspecified atom stereocenters. The third-order valence-corrected chi connectivity index (χ3v) is 3.84. The summed E-state index contributed by atoms with van der Waals surface area (Å²) in [6, 6.07) is 0.828. The number of carbonyl (C=O) groups excluding carboxylic acids is 3. The van der Waals surface area contributed by atoms with Gasteiger partial charge < -0.3 is 10.4 Å². The second kappa shape index (κ2) is 6.52. The normalized spacial score (nSPS) is 17.6. The number of amides is 3. The summed E-state index contributed by atoms with van der Waals surface area (Å²) in [6.07, 6.45) is 0.374. The first-order valence-corrected chi connectivity index (χ1v) is 7.20. The van der Waals surface area contributed by atoms with Crippen molar-refractivity contribution in [3.63, 3.8) is 0 Å². The molecule has 0 bridgehead atoms. The van der Waals surface area contributed by atoms with E-state index in [2.05, 4.69) is 17.2 Å². The summed E-state index contributed by atoms with van der Waals surface area (Å²) in [5, 5.41) is 12.8. The van der Waals surface area contributed by atoms with Gasteiger partial charge in [-0.2, -0.15) is 0 Å². The van der Waals surface area contributed by atoms with E-state index in [-0.39, 0.29) is 18.9 Å². The van der Waals surface area contributed by atoms with Gasteiger partial charge in [-0.15, -0.1) is 11.3 Å². The number of hydrogen-bond donors (Lipinski definition) is 2. The van der Waals surface area contributed by atoms with E-state index in [1.165, 1.54) is 18.4 Å². The minimum Gasteiger partial charge on any atom is -0.395 e. The van der Waals surface area contributed by atoms with Crippen LogP contribution < -0.4 is 5.32 Å². The van der Waals surface area contributed by atoms with Gasteiger partial charge in [-0.25, -0.2) is 0 Å². The minimum atomic E-state index is -0.793. The third kappa shape index (κ3) is 3.48. The highest BCUT2D eigenvalue weighted by Gasteiger charge is 2.37. The van der Waals surface area contributed by atoms with Crippen LogP contribution in [0.4, 0.5) is 0 Å². The van der Waals surface area contributed by atoms with Gasteiger partial charge in [-0.3, -0.25) is 19.3 Å². The number of aliphatic hydroxyl groups is 1. The Morgan fingerprint density at radius 1 is 1.57 bits per heavy atom. The maximum Gasteiger partial charge on any atom is 0.252 e. The number of rotatable bonds is 3. The molecular weight excluding hydrogens is 292 g/mol. The Hall–Kier alpha value is -2.17. The molecule has 0 saturated carbocycles. The topological polar surface area (TPSA) is 86.7 Å². The van der Waals surface area contributed by atoms with Crippen molar-refractivity contribution < 1.29 is 19.5 Å². The summed E-state index contributed by atoms with van der Waals surface area (Å²) in [7, 11) is 1.40. The summed E-state index contributed by atoms with van der Waals surface area (Å²) < 4.78 is 0. The number of likely N-dealkylation sites (N-methyl/N-ethyl adjacent to an activating group) is 1. The number of nitrogens with one attached hydrogen (secondary N) is 1. The fourth-order valence-corrected chi connectivity index (χ4v) is 2.59. The second-order valence-electron chi connectivity index (χ2n) is 4.50. The van der Waals surface area contributed by atoms with Gasteiger partial charge in [0.25, 0.3) is 11.8 Å². The molecule has 0 aliphatic carbocycles. The predicted octanol–water partition coefficient (Wildman–Crippen LogP) is -0.0309. The Morgan fingerprint density at radius 3 is 2.95 bits per heavy atom. The van der Waals surface area contributed by atoms with Crippen LogP contribution in [0.2, 0.25) is 0 Å². The van der Waals surface area contributed by atoms with Crippen molar-refractivity contribution in [3.05, 3.63) is 21.9 Å². The highest BCUT2D eigenvalue weighted by atomic mass is 32.1. The maximum absolute atomic E-state index is 12.0. The van der Waals surface area contributed by atoms with Gasteiger partial charge in [0.15, 0.2) is 0 Å². The fourth-order valence-electron chi connectivity index (χ4n) is 1.84. The molecule has 1 saturated heterocycles. The zero-order chi connectivity index (χ0) is 15.4. The molecule has 1 aromatic heterocycles. The Labute approximate surface area is 125 Å². The van der Waals surface area contributed by atoms with Crippen molar-refractivity contribution in [2.24, 2.45) is 0 Å². The van der Waals surface area contributed by atoms with E-state index in [1.807, 2.05) is 0 Å². The molecule has 1 aliphatic rings. The molecule has 0 radical (unpaired) electrons. The van der Waals surface area contributed by atoms with Crippen molar-refractivity contribution in [1.82, 2.24) is 10.2 Å². The number of likely N-dealkylation sites (tertiary alicyclic amines) is 1. The highest BCUT2D eigenvalue weighted by molar-refractivity contribution is 7.10. The van der Waals surface area contributed by atoms with Crippen LogP contribution in [0.1, 0.15) is 28.1 Å². The zero-order valence-corrected chi connectivity index (χ0v) is 12.2. The van der Waals surface area contributed by atoms with Gasteiger partial charge in [0.05, 0.1) is 23.5 Å². The molecule has 0 spiro atoms. The van der Waals surface area contributed by atoms with Gasteiger partial charge in [-0.05, 0) is 6.07 Å². The van der Waals surface area contributed by atoms with Gasteiger partial charge in [0.2, 0.25) is 5.91 Å². The average molecular weight is 306 g/mol. The second-order valence-corrected chi connectivity index (χ2v) is 5.41. The monoisotopic (exact) mass is 306 g/mol. The summed E-state index contributed by atoms with van der Waals surface area (Å²) in [4.78, 5) is 36.8. The summed E-state index contributed by atoms with van der Waals surface area (Å²) >= 11 is 1.31. The largest absolute Gasteiger partial charge is 0.395 e. The fraction of sp³-hybridized carbons (Fsp3) is 0.357. The molecule has 1 aliphatic heterocycles. The third-order valence-electron chi connectivity index (χ3n) is 3.00. The van der Waals surface area contributed by atoms with E-state index in [0.29, 0.717) is 16.9 Å². The first-order valence-electron chi connectivity index (χ1n) is 6.32. The van der Waals surface area contributed by atoms with Crippen LogP contribution in [-0.4, -0.2) is 47.4 Å². The van der Waals surface area contributed by atoms with E-state index >= 15 is 0 Å². The Bertz CT molecular complexity index is 641. The average Bonchev–Trinajstić information content (AvgIpc) is 3.01. The number of hydrogen-bond acceptors (Lipinski definition) is 5. The molecule has 1 fully saturated rings. The van der Waals surface area contributed by atoms with E-state index in [4.69, 9.17) is 5.11 Å². The Balaban J connectivity index is 2.00. The van der Waals surface area contributed by atoms with Gasteiger partial charge in [0, 0.05) is 18.8 Å². The molecule has 1 aromatic rings. The lowest BCUT2D eigenvalue weighted by Gasteiger charge is -2.10. The SMILES string of the molecule is CN1C(=O)CC(NC(=O)c2csc(C#CCCO)c2)C1=O. The summed E-state index contributed by atoms with van der Waals surface area (Å²) in [5.41, 5.74) is 0.406. The smallest absolute Gasteiger partial charge is 0.252 e. The van der Waals surface area contributed by atoms with Crippen molar-refractivity contribution >= 4 is 29.1 Å². The van der Waals surface area contributed by atoms with E-state index in [1.54, 1.807) is 11.4 Å². The molecule has 1 atom stereocenters. The van der Waals surface area contributed by atoms with Crippen LogP contribution >= 0.6 is 11.3 Å². The van der Waals surface area contributed by atoms with Crippen LogP contribution in [0.5, 0.6) is 0 Å². The summed E-state index contributed by atoms with van der Waals surface area (Å²) in [5.74, 6) is 4.51. The lowest BCUT2D eigenvalue weighted by molar-refractivity contribution is -0.137. The van der Waals surface area contributed by atoms with Crippen LogP contribution in [0.25, 0.3) is 0 Å². The maximum atomic E-state index is 12.0. The molecular formula is C14H14N2O4S. The Kier molecular flexibility index (Phi) is 4.73. The lowest BCUT2D eigenvalue weighted by atomic mass is 10.2. The van der Waals surface area contributed by atoms with Gasteiger partial charge in [0.1, 0.15) is 6.04 Å². The standard InChI is InChI=1S/C14H14N2O4S/c1-16-12(18)7-11(14(16)20)15-13(19)9-6-10(21-8-9)4-2-3-5-17/h6,8,11,17H,3,5,7H2,1H3,(H,15,19). The lowest BCUT2D eigenvalue weighted by Crippen LogP contribution is -2.40. The predicted molar refractivity (Wildman–Crippen MR) is 76.5 cm³/mol. The van der Waals surface area contributed by atoms with E-state index < -0.39 is 17.9 Å². The highest BCUT2D eigenvalue weighted by Crippen LogP contribution is 2.15. The number of aliphatic hydroxyl groups excluding tert-OH is 1. The van der Waals surface area contributed by atoms with Crippen molar-refractivity contribution in [2.75, 3.05) is 13.7 Å². The number of thiophene rings is 1. The number of imide groups is 1.